The topological polar surface area (TPSA) is 67.1 Å². The average Bonchev–Trinajstić information content (AvgIpc) is 2.84. The predicted octanol–water partition coefficient (Wildman–Crippen LogP) is 0.401. The fourth-order valence-corrected chi connectivity index (χ4v) is 2.68. The molecule has 2 aromatic rings. The van der Waals surface area contributed by atoms with E-state index < -0.39 is 6.10 Å². The van der Waals surface area contributed by atoms with Gasteiger partial charge in [-0.05, 0) is 34.9 Å². The smallest absolute Gasteiger partial charge is 0.148 e. The van der Waals surface area contributed by atoms with E-state index in [0.717, 1.165) is 25.3 Å². The van der Waals surface area contributed by atoms with Crippen LogP contribution >= 0.6 is 0 Å². The summed E-state index contributed by atoms with van der Waals surface area (Å²) >= 11 is 0. The summed E-state index contributed by atoms with van der Waals surface area (Å²) in [4.78, 5) is 2.28. The van der Waals surface area contributed by atoms with Gasteiger partial charge in [-0.3, -0.25) is 4.90 Å². The summed E-state index contributed by atoms with van der Waals surface area (Å²) in [6, 6.07) is 8.51. The van der Waals surface area contributed by atoms with E-state index in [1.165, 1.54) is 11.1 Å². The molecule has 1 atom stereocenters. The van der Waals surface area contributed by atoms with E-state index in [9.17, 15) is 5.11 Å². The van der Waals surface area contributed by atoms with Crippen molar-refractivity contribution in [3.05, 3.63) is 41.2 Å². The van der Waals surface area contributed by atoms with Crippen LogP contribution in [0.4, 0.5) is 0 Å². The number of aliphatic hydroxyl groups is 1. The van der Waals surface area contributed by atoms with Gasteiger partial charge in [-0.1, -0.05) is 24.3 Å². The first-order chi connectivity index (χ1) is 9.72. The van der Waals surface area contributed by atoms with Crippen LogP contribution in [0.3, 0.4) is 0 Å². The molecule has 6 nitrogen and oxygen atoms in total. The number of β-amino-alcohol motifs (C(OH)–C–C–N with tert-alkyl or cyclic N) is 1. The van der Waals surface area contributed by atoms with Crippen molar-refractivity contribution in [3.63, 3.8) is 0 Å². The molecule has 3 rings (SSSR count). The van der Waals surface area contributed by atoms with E-state index in [1.54, 1.807) is 4.68 Å². The van der Waals surface area contributed by atoms with E-state index in [-0.39, 0.29) is 0 Å². The van der Waals surface area contributed by atoms with Gasteiger partial charge < -0.3 is 5.11 Å². The second kappa shape index (κ2) is 5.68. The van der Waals surface area contributed by atoms with Gasteiger partial charge in [-0.25, -0.2) is 4.68 Å². The number of aliphatic hydroxyl groups excluding tert-OH is 1. The quantitative estimate of drug-likeness (QED) is 0.873. The summed E-state index contributed by atoms with van der Waals surface area (Å²) in [7, 11) is 0. The van der Waals surface area contributed by atoms with Crippen molar-refractivity contribution in [3.8, 4) is 0 Å². The van der Waals surface area contributed by atoms with Gasteiger partial charge in [0.25, 0.3) is 0 Å². The number of fused-ring (bicyclic) bond motifs is 1. The summed E-state index contributed by atoms with van der Waals surface area (Å²) in [6.45, 7) is 4.82. The minimum Gasteiger partial charge on any atom is -0.390 e. The molecule has 0 radical (unpaired) electrons. The van der Waals surface area contributed by atoms with Crippen molar-refractivity contribution < 1.29 is 5.11 Å². The molecule has 0 spiro atoms. The van der Waals surface area contributed by atoms with Crippen LogP contribution in [0.15, 0.2) is 24.3 Å². The molecule has 0 saturated carbocycles. The van der Waals surface area contributed by atoms with Crippen LogP contribution in [0.2, 0.25) is 0 Å². The van der Waals surface area contributed by atoms with Crippen LogP contribution in [0.1, 0.15) is 17.0 Å². The lowest BCUT2D eigenvalue weighted by Gasteiger charge is -2.30. The largest absolute Gasteiger partial charge is 0.390 e. The molecule has 0 unspecified atom stereocenters. The van der Waals surface area contributed by atoms with Gasteiger partial charge in [0.2, 0.25) is 0 Å². The van der Waals surface area contributed by atoms with E-state index in [4.69, 9.17) is 0 Å². The monoisotopic (exact) mass is 273 g/mol. The second-order valence-corrected chi connectivity index (χ2v) is 5.32. The number of aryl methyl sites for hydroxylation is 1. The third-order valence-electron chi connectivity index (χ3n) is 3.77. The van der Waals surface area contributed by atoms with E-state index in [1.807, 2.05) is 6.92 Å². The van der Waals surface area contributed by atoms with Crippen LogP contribution in [0.5, 0.6) is 0 Å². The Bertz CT molecular complexity index is 582. The molecule has 0 aliphatic carbocycles. The van der Waals surface area contributed by atoms with Gasteiger partial charge >= 0.3 is 0 Å². The number of benzene rings is 1. The molecule has 1 N–H and O–H groups in total. The Morgan fingerprint density at radius 2 is 2.05 bits per heavy atom. The van der Waals surface area contributed by atoms with Crippen molar-refractivity contribution in [2.75, 3.05) is 13.1 Å². The van der Waals surface area contributed by atoms with Gasteiger partial charge in [0, 0.05) is 19.6 Å². The molecule has 0 fully saturated rings. The van der Waals surface area contributed by atoms with Crippen LogP contribution in [0.25, 0.3) is 0 Å². The maximum Gasteiger partial charge on any atom is 0.148 e. The van der Waals surface area contributed by atoms with Gasteiger partial charge in [-0.2, -0.15) is 0 Å². The van der Waals surface area contributed by atoms with Crippen molar-refractivity contribution in [2.24, 2.45) is 0 Å². The Kier molecular flexibility index (Phi) is 3.75. The minimum absolute atomic E-state index is 0.441. The fourth-order valence-electron chi connectivity index (χ4n) is 2.68. The summed E-state index contributed by atoms with van der Waals surface area (Å²) in [5, 5.41) is 21.5. The van der Waals surface area contributed by atoms with E-state index >= 15 is 0 Å². The SMILES string of the molecule is Cc1nnnn1C[C@@H](O)CN1CCc2ccccc2C1. The standard InChI is InChI=1S/C14H19N5O/c1-11-15-16-17-19(11)10-14(20)9-18-7-6-12-4-2-3-5-13(12)8-18/h2-5,14,20H,6-10H2,1H3/t14-/m0/s1. The normalized spacial score (nSPS) is 16.9. The summed E-state index contributed by atoms with van der Waals surface area (Å²) in [6.07, 6.45) is 0.592. The molecule has 2 heterocycles. The summed E-state index contributed by atoms with van der Waals surface area (Å²) in [5.41, 5.74) is 2.79. The highest BCUT2D eigenvalue weighted by atomic mass is 16.3. The first-order valence-electron chi connectivity index (χ1n) is 6.92. The van der Waals surface area contributed by atoms with Gasteiger partial charge in [0.1, 0.15) is 5.82 Å². The lowest BCUT2D eigenvalue weighted by molar-refractivity contribution is 0.0878. The highest BCUT2D eigenvalue weighted by Crippen LogP contribution is 2.18. The molecule has 106 valence electrons. The Morgan fingerprint density at radius 1 is 1.25 bits per heavy atom. The molecule has 1 aromatic carbocycles. The van der Waals surface area contributed by atoms with Gasteiger partial charge in [-0.15, -0.1) is 5.10 Å². The van der Waals surface area contributed by atoms with Crippen molar-refractivity contribution in [1.29, 1.82) is 0 Å². The van der Waals surface area contributed by atoms with Crippen molar-refractivity contribution in [1.82, 2.24) is 25.1 Å². The van der Waals surface area contributed by atoms with E-state index in [0.29, 0.717) is 13.1 Å². The molecule has 1 aliphatic rings. The Balaban J connectivity index is 1.58. The molecule has 1 aromatic heterocycles. The third-order valence-corrected chi connectivity index (χ3v) is 3.77. The lowest BCUT2D eigenvalue weighted by atomic mass is 10.00. The zero-order valence-electron chi connectivity index (χ0n) is 11.6. The number of tetrazole rings is 1. The molecule has 1 aliphatic heterocycles. The zero-order valence-corrected chi connectivity index (χ0v) is 11.6. The zero-order chi connectivity index (χ0) is 13.9. The molecule has 0 amide bonds. The molecular weight excluding hydrogens is 254 g/mol. The molecule has 0 saturated heterocycles. The van der Waals surface area contributed by atoms with Gasteiger partial charge in [0.05, 0.1) is 12.6 Å². The summed E-state index contributed by atoms with van der Waals surface area (Å²) < 4.78 is 1.64. The van der Waals surface area contributed by atoms with Crippen LogP contribution < -0.4 is 0 Å². The Morgan fingerprint density at radius 3 is 2.80 bits per heavy atom. The molecular formula is C14H19N5O. The number of nitrogens with zero attached hydrogens (tertiary/aromatic N) is 5. The highest BCUT2D eigenvalue weighted by molar-refractivity contribution is 5.29. The highest BCUT2D eigenvalue weighted by Gasteiger charge is 2.19. The predicted molar refractivity (Wildman–Crippen MR) is 74.0 cm³/mol. The van der Waals surface area contributed by atoms with Crippen molar-refractivity contribution in [2.45, 2.75) is 32.5 Å². The third kappa shape index (κ3) is 2.86. The minimum atomic E-state index is -0.456. The maximum atomic E-state index is 10.2. The van der Waals surface area contributed by atoms with Gasteiger partial charge in [0.15, 0.2) is 0 Å². The first kappa shape index (κ1) is 13.2. The lowest BCUT2D eigenvalue weighted by Crippen LogP contribution is -2.38. The maximum absolute atomic E-state index is 10.2. The number of rotatable bonds is 4. The molecule has 0 bridgehead atoms. The molecule has 6 heteroatoms. The number of hydrogen-bond acceptors (Lipinski definition) is 5. The summed E-state index contributed by atoms with van der Waals surface area (Å²) in [5.74, 6) is 0.730. The second-order valence-electron chi connectivity index (χ2n) is 5.32. The average molecular weight is 273 g/mol. The van der Waals surface area contributed by atoms with Crippen LogP contribution in [0, 0.1) is 6.92 Å². The fraction of sp³-hybridized carbons (Fsp3) is 0.500. The Labute approximate surface area is 118 Å². The number of aromatic nitrogens is 4. The number of hydrogen-bond donors (Lipinski definition) is 1. The first-order valence-corrected chi connectivity index (χ1v) is 6.92. The van der Waals surface area contributed by atoms with E-state index in [2.05, 4.69) is 44.7 Å². The van der Waals surface area contributed by atoms with Crippen molar-refractivity contribution >= 4 is 0 Å². The van der Waals surface area contributed by atoms with Crippen LogP contribution in [-0.4, -0.2) is 49.4 Å². The van der Waals surface area contributed by atoms with Crippen LogP contribution in [-0.2, 0) is 19.5 Å². The molecule has 20 heavy (non-hydrogen) atoms. The Hall–Kier alpha value is -1.79.